The van der Waals surface area contributed by atoms with Crippen molar-refractivity contribution in [3.05, 3.63) is 53.9 Å². The third kappa shape index (κ3) is 4.82. The van der Waals surface area contributed by atoms with Gasteiger partial charge in [0.05, 0.1) is 11.3 Å². The molecular weight excluding hydrogens is 314 g/mol. The highest BCUT2D eigenvalue weighted by atomic mass is 16.1. The summed E-state index contributed by atoms with van der Waals surface area (Å²) in [5.74, 6) is -0.0581. The van der Waals surface area contributed by atoms with Crippen molar-refractivity contribution in [2.75, 3.05) is 13.1 Å². The summed E-state index contributed by atoms with van der Waals surface area (Å²) in [7, 11) is 0. The van der Waals surface area contributed by atoms with Crippen molar-refractivity contribution in [1.29, 1.82) is 0 Å². The summed E-state index contributed by atoms with van der Waals surface area (Å²) >= 11 is 0. The van der Waals surface area contributed by atoms with Crippen molar-refractivity contribution in [1.82, 2.24) is 25.2 Å². The second-order valence-corrected chi connectivity index (χ2v) is 6.54. The third-order valence-electron chi connectivity index (χ3n) is 4.50. The van der Waals surface area contributed by atoms with Crippen LogP contribution in [-0.2, 0) is 13.0 Å². The van der Waals surface area contributed by atoms with E-state index >= 15 is 0 Å². The number of carbonyl (C=O) groups excluding carboxylic acids is 1. The number of rotatable bonds is 6. The highest BCUT2D eigenvalue weighted by Gasteiger charge is 2.23. The van der Waals surface area contributed by atoms with Crippen LogP contribution in [0.5, 0.6) is 0 Å². The van der Waals surface area contributed by atoms with E-state index in [1.165, 1.54) is 11.9 Å². The van der Waals surface area contributed by atoms with Crippen LogP contribution in [-0.4, -0.2) is 44.9 Å². The molecule has 1 unspecified atom stereocenters. The largest absolute Gasteiger partial charge is 0.348 e. The molecule has 25 heavy (non-hydrogen) atoms. The average molecular weight is 339 g/mol. The highest BCUT2D eigenvalue weighted by Crippen LogP contribution is 2.14. The van der Waals surface area contributed by atoms with Crippen LogP contribution in [0.4, 0.5) is 0 Å². The lowest BCUT2D eigenvalue weighted by Gasteiger charge is -2.33. The van der Waals surface area contributed by atoms with Gasteiger partial charge in [-0.3, -0.25) is 14.7 Å². The Labute approximate surface area is 148 Å². The maximum atomic E-state index is 12.7. The lowest BCUT2D eigenvalue weighted by molar-refractivity contribution is 0.0899. The van der Waals surface area contributed by atoms with Gasteiger partial charge in [-0.1, -0.05) is 19.4 Å². The predicted molar refractivity (Wildman–Crippen MR) is 96.0 cm³/mol. The third-order valence-corrected chi connectivity index (χ3v) is 4.50. The lowest BCUT2D eigenvalue weighted by Crippen LogP contribution is -2.47. The molecule has 0 spiro atoms. The van der Waals surface area contributed by atoms with Crippen LogP contribution in [0.1, 0.15) is 47.8 Å². The Bertz CT molecular complexity index is 691. The number of aryl methyl sites for hydroxylation is 1. The van der Waals surface area contributed by atoms with E-state index in [0.29, 0.717) is 5.56 Å². The van der Waals surface area contributed by atoms with Crippen molar-refractivity contribution in [3.8, 4) is 0 Å². The van der Waals surface area contributed by atoms with Crippen LogP contribution >= 0.6 is 0 Å². The Morgan fingerprint density at radius 1 is 1.36 bits per heavy atom. The molecule has 6 heteroatoms. The Morgan fingerprint density at radius 3 is 3.08 bits per heavy atom. The van der Waals surface area contributed by atoms with Gasteiger partial charge in [0.2, 0.25) is 0 Å². The topological polar surface area (TPSA) is 71.0 Å². The smallest absolute Gasteiger partial charge is 0.254 e. The van der Waals surface area contributed by atoms with Crippen molar-refractivity contribution < 1.29 is 4.79 Å². The van der Waals surface area contributed by atoms with Gasteiger partial charge >= 0.3 is 0 Å². The molecule has 1 fully saturated rings. The number of carbonyl (C=O) groups is 1. The van der Waals surface area contributed by atoms with Crippen molar-refractivity contribution in [3.63, 3.8) is 0 Å². The molecule has 0 aromatic carbocycles. The van der Waals surface area contributed by atoms with Crippen LogP contribution in [0.2, 0.25) is 0 Å². The standard InChI is InChI=1S/C19H25N5O/c1-2-5-18-17(11-21-14-22-18)19(25)23-16-7-4-9-24(13-16)12-15-6-3-8-20-10-15/h3,6,8,10-11,14,16H,2,4-5,7,9,12-13H2,1H3,(H,23,25). The summed E-state index contributed by atoms with van der Waals surface area (Å²) in [6.45, 7) is 4.87. The number of likely N-dealkylation sites (tertiary alicyclic amines) is 1. The number of nitrogens with zero attached hydrogens (tertiary/aromatic N) is 4. The lowest BCUT2D eigenvalue weighted by atomic mass is 10.0. The normalized spacial score (nSPS) is 18.0. The first-order valence-electron chi connectivity index (χ1n) is 8.97. The van der Waals surface area contributed by atoms with Crippen molar-refractivity contribution in [2.24, 2.45) is 0 Å². The van der Waals surface area contributed by atoms with Gasteiger partial charge in [-0.25, -0.2) is 9.97 Å². The van der Waals surface area contributed by atoms with Gasteiger partial charge in [-0.05, 0) is 37.4 Å². The zero-order chi connectivity index (χ0) is 17.5. The first-order chi connectivity index (χ1) is 12.3. The molecule has 1 aliphatic rings. The van der Waals surface area contributed by atoms with Crippen LogP contribution in [0.25, 0.3) is 0 Å². The van der Waals surface area contributed by atoms with Gasteiger partial charge in [-0.2, -0.15) is 0 Å². The molecule has 1 saturated heterocycles. The molecule has 2 aromatic rings. The molecule has 3 rings (SSSR count). The summed E-state index contributed by atoms with van der Waals surface area (Å²) in [5.41, 5.74) is 2.64. The van der Waals surface area contributed by atoms with E-state index in [1.807, 2.05) is 12.3 Å². The minimum Gasteiger partial charge on any atom is -0.348 e. The van der Waals surface area contributed by atoms with Gasteiger partial charge in [0.15, 0.2) is 0 Å². The molecule has 132 valence electrons. The first kappa shape index (κ1) is 17.5. The summed E-state index contributed by atoms with van der Waals surface area (Å²) in [6.07, 6.45) is 10.7. The first-order valence-corrected chi connectivity index (χ1v) is 8.97. The summed E-state index contributed by atoms with van der Waals surface area (Å²) in [4.78, 5) is 27.5. The number of pyridine rings is 1. The van der Waals surface area contributed by atoms with E-state index in [2.05, 4.69) is 38.2 Å². The number of amides is 1. The zero-order valence-corrected chi connectivity index (χ0v) is 14.7. The SMILES string of the molecule is CCCc1ncncc1C(=O)NC1CCCN(Cc2cccnc2)C1. The quantitative estimate of drug-likeness (QED) is 0.874. The van der Waals surface area contributed by atoms with Gasteiger partial charge in [-0.15, -0.1) is 0 Å². The Morgan fingerprint density at radius 2 is 2.28 bits per heavy atom. The van der Waals surface area contributed by atoms with Gasteiger partial charge in [0.25, 0.3) is 5.91 Å². The summed E-state index contributed by atoms with van der Waals surface area (Å²) < 4.78 is 0. The molecule has 0 radical (unpaired) electrons. The van der Waals surface area contributed by atoms with Crippen LogP contribution in [0.15, 0.2) is 37.1 Å². The number of hydrogen-bond acceptors (Lipinski definition) is 5. The average Bonchev–Trinajstić information content (AvgIpc) is 2.63. The van der Waals surface area contributed by atoms with Gasteiger partial charge in [0.1, 0.15) is 6.33 Å². The summed E-state index contributed by atoms with van der Waals surface area (Å²) in [5, 5.41) is 3.17. The highest BCUT2D eigenvalue weighted by molar-refractivity contribution is 5.95. The number of piperidine rings is 1. The molecule has 0 saturated carbocycles. The molecule has 3 heterocycles. The van der Waals surface area contributed by atoms with E-state index in [4.69, 9.17) is 0 Å². The maximum absolute atomic E-state index is 12.7. The molecule has 0 bridgehead atoms. The second kappa shape index (κ2) is 8.67. The number of nitrogens with one attached hydrogen (secondary N) is 1. The zero-order valence-electron chi connectivity index (χ0n) is 14.7. The Kier molecular flexibility index (Phi) is 6.06. The summed E-state index contributed by atoms with van der Waals surface area (Å²) in [6, 6.07) is 4.21. The van der Waals surface area contributed by atoms with E-state index in [9.17, 15) is 4.79 Å². The monoisotopic (exact) mass is 339 g/mol. The Hall–Kier alpha value is -2.34. The van der Waals surface area contributed by atoms with Crippen LogP contribution < -0.4 is 5.32 Å². The number of aromatic nitrogens is 3. The Balaban J connectivity index is 1.60. The van der Waals surface area contributed by atoms with E-state index in [1.54, 1.807) is 12.4 Å². The fraction of sp³-hybridized carbons (Fsp3) is 0.474. The molecule has 2 aromatic heterocycles. The van der Waals surface area contributed by atoms with Gasteiger partial charge < -0.3 is 5.32 Å². The van der Waals surface area contributed by atoms with E-state index in [-0.39, 0.29) is 11.9 Å². The van der Waals surface area contributed by atoms with E-state index in [0.717, 1.165) is 51.0 Å². The fourth-order valence-electron chi connectivity index (χ4n) is 3.31. The minimum absolute atomic E-state index is 0.0581. The maximum Gasteiger partial charge on any atom is 0.254 e. The van der Waals surface area contributed by atoms with Crippen LogP contribution in [0, 0.1) is 0 Å². The van der Waals surface area contributed by atoms with E-state index < -0.39 is 0 Å². The minimum atomic E-state index is -0.0581. The van der Waals surface area contributed by atoms with Crippen LogP contribution in [0.3, 0.4) is 0 Å². The second-order valence-electron chi connectivity index (χ2n) is 6.54. The fourth-order valence-corrected chi connectivity index (χ4v) is 3.31. The molecule has 1 aliphatic heterocycles. The van der Waals surface area contributed by atoms with Crippen molar-refractivity contribution in [2.45, 2.75) is 45.2 Å². The predicted octanol–water partition coefficient (Wildman–Crippen LogP) is 2.22. The van der Waals surface area contributed by atoms with Gasteiger partial charge in [0, 0.05) is 37.7 Å². The molecule has 6 nitrogen and oxygen atoms in total. The van der Waals surface area contributed by atoms with Crippen molar-refractivity contribution >= 4 is 5.91 Å². The number of hydrogen-bond donors (Lipinski definition) is 1. The molecule has 1 atom stereocenters. The molecule has 1 N–H and O–H groups in total. The molecule has 0 aliphatic carbocycles. The molecular formula is C19H25N5O. The molecule has 1 amide bonds.